The van der Waals surface area contributed by atoms with E-state index in [4.69, 9.17) is 4.74 Å². The van der Waals surface area contributed by atoms with Crippen LogP contribution in [0.1, 0.15) is 29.8 Å². The third-order valence-electron chi connectivity index (χ3n) is 5.75. The van der Waals surface area contributed by atoms with Gasteiger partial charge in [-0.05, 0) is 31.2 Å². The molecule has 1 aromatic heterocycles. The van der Waals surface area contributed by atoms with Gasteiger partial charge in [0.1, 0.15) is 6.61 Å². The molecule has 0 saturated carbocycles. The first-order chi connectivity index (χ1) is 13.2. The summed E-state index contributed by atoms with van der Waals surface area (Å²) in [6.45, 7) is 6.39. The number of carbonyl (C=O) groups excluding carboxylic acids is 1. The minimum Gasteiger partial charge on any atom is -0.367 e. The van der Waals surface area contributed by atoms with E-state index in [1.165, 1.54) is 6.42 Å². The molecule has 2 aromatic rings. The molecule has 1 N–H and O–H groups in total. The third kappa shape index (κ3) is 4.39. The van der Waals surface area contributed by atoms with E-state index in [0.29, 0.717) is 12.5 Å². The molecular weight excluding hydrogens is 340 g/mol. The number of hydrogen-bond donors (Lipinski definition) is 1. The number of carbonyl (C=O) groups is 1. The van der Waals surface area contributed by atoms with E-state index in [1.807, 2.05) is 30.3 Å². The lowest BCUT2D eigenvalue weighted by Gasteiger charge is -2.36. The number of aromatic amines is 1. The van der Waals surface area contributed by atoms with Gasteiger partial charge in [-0.1, -0.05) is 30.3 Å². The highest BCUT2D eigenvalue weighted by atomic mass is 16.5. The van der Waals surface area contributed by atoms with E-state index in [0.717, 1.165) is 49.6 Å². The highest BCUT2D eigenvalue weighted by molar-refractivity contribution is 5.78. The van der Waals surface area contributed by atoms with Crippen molar-refractivity contribution in [1.82, 2.24) is 19.8 Å². The molecule has 6 nitrogen and oxygen atoms in total. The quantitative estimate of drug-likeness (QED) is 0.850. The number of aromatic nitrogens is 2. The molecule has 3 aliphatic rings. The molecule has 0 aliphatic carbocycles. The second kappa shape index (κ2) is 8.23. The van der Waals surface area contributed by atoms with Crippen LogP contribution < -0.4 is 0 Å². The minimum atomic E-state index is 0.124. The number of nitrogens with one attached hydrogen (secondary N) is 1. The van der Waals surface area contributed by atoms with Crippen molar-refractivity contribution in [3.8, 4) is 0 Å². The summed E-state index contributed by atoms with van der Waals surface area (Å²) in [5.41, 5.74) is 3.34. The standard InChI is InChI=1S/C21H28N4O2/c1-16-20(23-15-22-16)12-24-9-18-7-8-19(11-24)25(10-18)21(26)14-27-13-17-5-3-2-4-6-17/h2-6,15,18-19H,7-14H2,1H3,(H,22,23). The van der Waals surface area contributed by atoms with Gasteiger partial charge in [0.2, 0.25) is 5.91 Å². The summed E-state index contributed by atoms with van der Waals surface area (Å²) in [6.07, 6.45) is 4.05. The number of piperidine rings is 1. The lowest BCUT2D eigenvalue weighted by Crippen LogP contribution is -2.48. The molecule has 0 spiro atoms. The Balaban J connectivity index is 1.33. The number of amides is 1. The van der Waals surface area contributed by atoms with Crippen LogP contribution in [0.15, 0.2) is 36.7 Å². The number of H-pyrrole nitrogens is 1. The normalized spacial score (nSPS) is 22.8. The smallest absolute Gasteiger partial charge is 0.248 e. The van der Waals surface area contributed by atoms with Crippen LogP contribution in [0, 0.1) is 12.8 Å². The van der Waals surface area contributed by atoms with Crippen molar-refractivity contribution >= 4 is 5.91 Å². The van der Waals surface area contributed by atoms with Gasteiger partial charge in [-0.2, -0.15) is 0 Å². The number of hydrogen-bond acceptors (Lipinski definition) is 4. The van der Waals surface area contributed by atoms with Crippen molar-refractivity contribution in [1.29, 1.82) is 0 Å². The monoisotopic (exact) mass is 368 g/mol. The van der Waals surface area contributed by atoms with Gasteiger partial charge in [-0.3, -0.25) is 9.69 Å². The topological polar surface area (TPSA) is 61.5 Å². The Bertz CT molecular complexity index is 761. The highest BCUT2D eigenvalue weighted by Gasteiger charge is 2.37. The maximum atomic E-state index is 12.8. The lowest BCUT2D eigenvalue weighted by atomic mass is 9.95. The first kappa shape index (κ1) is 18.2. The van der Waals surface area contributed by atoms with Gasteiger partial charge >= 0.3 is 0 Å². The van der Waals surface area contributed by atoms with Crippen molar-refractivity contribution in [3.63, 3.8) is 0 Å². The Morgan fingerprint density at radius 1 is 1.22 bits per heavy atom. The van der Waals surface area contributed by atoms with Gasteiger partial charge in [0.25, 0.3) is 0 Å². The zero-order chi connectivity index (χ0) is 18.6. The molecule has 4 heterocycles. The summed E-state index contributed by atoms with van der Waals surface area (Å²) < 4.78 is 5.69. The van der Waals surface area contributed by atoms with E-state index >= 15 is 0 Å². The fourth-order valence-electron chi connectivity index (χ4n) is 4.29. The number of aryl methyl sites for hydroxylation is 1. The average molecular weight is 368 g/mol. The molecule has 5 rings (SSSR count). The molecule has 0 radical (unpaired) electrons. The van der Waals surface area contributed by atoms with Gasteiger partial charge in [-0.15, -0.1) is 0 Å². The molecule has 6 heteroatoms. The molecule has 2 unspecified atom stereocenters. The number of fused-ring (bicyclic) bond motifs is 4. The summed E-state index contributed by atoms with van der Waals surface area (Å²) in [4.78, 5) is 24.9. The second-order valence-electron chi connectivity index (χ2n) is 7.79. The van der Waals surface area contributed by atoms with Gasteiger partial charge in [-0.25, -0.2) is 4.98 Å². The van der Waals surface area contributed by atoms with Crippen LogP contribution in [0.4, 0.5) is 0 Å². The molecule has 2 atom stereocenters. The van der Waals surface area contributed by atoms with Crippen molar-refractivity contribution < 1.29 is 9.53 Å². The zero-order valence-electron chi connectivity index (χ0n) is 15.9. The Kier molecular flexibility index (Phi) is 5.55. The SMILES string of the molecule is Cc1[nH]cnc1CN1CC2CCC(C1)N(C(=O)COCc1ccccc1)C2. The van der Waals surface area contributed by atoms with Gasteiger partial charge in [0, 0.05) is 37.9 Å². The summed E-state index contributed by atoms with van der Waals surface area (Å²) in [5, 5.41) is 0. The number of benzene rings is 1. The van der Waals surface area contributed by atoms with Crippen LogP contribution in [0.25, 0.3) is 0 Å². The maximum Gasteiger partial charge on any atom is 0.248 e. The van der Waals surface area contributed by atoms with E-state index in [9.17, 15) is 4.79 Å². The van der Waals surface area contributed by atoms with Gasteiger partial charge in [0.05, 0.1) is 18.6 Å². The van der Waals surface area contributed by atoms with Gasteiger partial charge < -0.3 is 14.6 Å². The Morgan fingerprint density at radius 3 is 2.85 bits per heavy atom. The molecule has 3 fully saturated rings. The lowest BCUT2D eigenvalue weighted by molar-refractivity contribution is -0.140. The van der Waals surface area contributed by atoms with Crippen molar-refractivity contribution in [2.45, 2.75) is 39.0 Å². The minimum absolute atomic E-state index is 0.124. The van der Waals surface area contributed by atoms with Crippen LogP contribution in [0.3, 0.4) is 0 Å². The molecule has 1 amide bonds. The van der Waals surface area contributed by atoms with E-state index < -0.39 is 0 Å². The fraction of sp³-hybridized carbons (Fsp3) is 0.524. The molecule has 27 heavy (non-hydrogen) atoms. The number of imidazole rings is 1. The van der Waals surface area contributed by atoms with Crippen LogP contribution >= 0.6 is 0 Å². The van der Waals surface area contributed by atoms with Gasteiger partial charge in [0.15, 0.2) is 0 Å². The first-order valence-electron chi connectivity index (χ1n) is 9.81. The molecule has 2 bridgehead atoms. The van der Waals surface area contributed by atoms with Crippen LogP contribution in [0.5, 0.6) is 0 Å². The predicted octanol–water partition coefficient (Wildman–Crippen LogP) is 2.36. The van der Waals surface area contributed by atoms with E-state index in [1.54, 1.807) is 6.33 Å². The second-order valence-corrected chi connectivity index (χ2v) is 7.79. The predicted molar refractivity (Wildman–Crippen MR) is 103 cm³/mol. The molecular formula is C21H28N4O2. The average Bonchev–Trinajstić information content (AvgIpc) is 2.89. The summed E-state index contributed by atoms with van der Waals surface area (Å²) in [5.74, 6) is 0.666. The molecule has 3 saturated heterocycles. The number of rotatable bonds is 6. The van der Waals surface area contributed by atoms with Crippen LogP contribution in [-0.4, -0.2) is 58.0 Å². The Hall–Kier alpha value is -2.18. The van der Waals surface area contributed by atoms with E-state index in [2.05, 4.69) is 26.7 Å². The van der Waals surface area contributed by atoms with E-state index in [-0.39, 0.29) is 18.6 Å². The number of nitrogens with zero attached hydrogens (tertiary/aromatic N) is 3. The molecule has 144 valence electrons. The molecule has 1 aromatic carbocycles. The zero-order valence-corrected chi connectivity index (χ0v) is 15.9. The van der Waals surface area contributed by atoms with Crippen molar-refractivity contribution in [2.24, 2.45) is 5.92 Å². The Morgan fingerprint density at radius 2 is 2.07 bits per heavy atom. The largest absolute Gasteiger partial charge is 0.367 e. The summed E-state index contributed by atoms with van der Waals surface area (Å²) >= 11 is 0. The van der Waals surface area contributed by atoms with Crippen LogP contribution in [0.2, 0.25) is 0 Å². The maximum absolute atomic E-state index is 12.8. The molecule has 3 aliphatic heterocycles. The third-order valence-corrected chi connectivity index (χ3v) is 5.75. The van der Waals surface area contributed by atoms with Crippen molar-refractivity contribution in [3.05, 3.63) is 53.6 Å². The van der Waals surface area contributed by atoms with Crippen molar-refractivity contribution in [2.75, 3.05) is 26.2 Å². The van der Waals surface area contributed by atoms with Crippen LogP contribution in [-0.2, 0) is 22.7 Å². The summed E-state index contributed by atoms with van der Waals surface area (Å²) in [7, 11) is 0. The highest BCUT2D eigenvalue weighted by Crippen LogP contribution is 2.29. The Labute approximate surface area is 160 Å². The summed E-state index contributed by atoms with van der Waals surface area (Å²) in [6, 6.07) is 10.3. The number of ether oxygens (including phenoxy) is 1. The first-order valence-corrected chi connectivity index (χ1v) is 9.81. The fourth-order valence-corrected chi connectivity index (χ4v) is 4.29.